The molecule has 3 aromatic rings. The van der Waals surface area contributed by atoms with Crippen LogP contribution >= 0.6 is 0 Å². The van der Waals surface area contributed by atoms with Gasteiger partial charge in [0.2, 0.25) is 11.8 Å². The van der Waals surface area contributed by atoms with Crippen molar-refractivity contribution in [1.29, 1.82) is 0 Å². The van der Waals surface area contributed by atoms with Crippen LogP contribution in [0.5, 0.6) is 0 Å². The van der Waals surface area contributed by atoms with Crippen LogP contribution in [0.15, 0.2) is 59.0 Å². The average Bonchev–Trinajstić information content (AvgIpc) is 3.10. The van der Waals surface area contributed by atoms with Crippen molar-refractivity contribution in [3.63, 3.8) is 0 Å². The molecule has 0 aliphatic carbocycles. The zero-order valence-electron chi connectivity index (χ0n) is 16.3. The standard InChI is InChI=1S/C17H14N2O2.C5H12O/c20-11-10-16-18-19-17(21-16)12-13-6-8-15(9-7-13)14-4-2-1-3-5-14;1-5(2,3)6-4/h1-9,11H,10,12H2;1-4H3. The van der Waals surface area contributed by atoms with Crippen molar-refractivity contribution in [2.75, 3.05) is 7.11 Å². The van der Waals surface area contributed by atoms with Crippen LogP contribution in [0.1, 0.15) is 38.1 Å². The van der Waals surface area contributed by atoms with Gasteiger partial charge in [0.15, 0.2) is 0 Å². The Labute approximate surface area is 160 Å². The van der Waals surface area contributed by atoms with E-state index in [9.17, 15) is 4.79 Å². The molecule has 0 fully saturated rings. The Hall–Kier alpha value is -2.79. The zero-order valence-corrected chi connectivity index (χ0v) is 16.3. The fourth-order valence-corrected chi connectivity index (χ4v) is 2.13. The minimum Gasteiger partial charge on any atom is -0.424 e. The van der Waals surface area contributed by atoms with Gasteiger partial charge in [-0.2, -0.15) is 0 Å². The number of carbonyl (C=O) groups excluding carboxylic acids is 1. The lowest BCUT2D eigenvalue weighted by Gasteiger charge is -2.14. The maximum Gasteiger partial charge on any atom is 0.223 e. The summed E-state index contributed by atoms with van der Waals surface area (Å²) in [6, 6.07) is 18.5. The Morgan fingerprint density at radius 3 is 2.04 bits per heavy atom. The second-order valence-corrected chi connectivity index (χ2v) is 7.02. The number of hydrogen-bond donors (Lipinski definition) is 0. The first-order valence-corrected chi connectivity index (χ1v) is 8.85. The summed E-state index contributed by atoms with van der Waals surface area (Å²) in [5.74, 6) is 0.889. The van der Waals surface area contributed by atoms with E-state index in [1.54, 1.807) is 7.11 Å². The molecule has 0 amide bonds. The van der Waals surface area contributed by atoms with Gasteiger partial charge >= 0.3 is 0 Å². The Bertz CT molecular complexity index is 819. The highest BCUT2D eigenvalue weighted by molar-refractivity contribution is 5.63. The van der Waals surface area contributed by atoms with Gasteiger partial charge in [-0.25, -0.2) is 0 Å². The largest absolute Gasteiger partial charge is 0.424 e. The van der Waals surface area contributed by atoms with Crippen molar-refractivity contribution in [2.45, 2.75) is 39.2 Å². The molecule has 0 radical (unpaired) electrons. The Morgan fingerprint density at radius 2 is 1.48 bits per heavy atom. The number of benzene rings is 2. The van der Waals surface area contributed by atoms with Crippen molar-refractivity contribution in [3.05, 3.63) is 71.9 Å². The number of nitrogens with zero attached hydrogens (tertiary/aromatic N) is 2. The SMILES string of the molecule is COC(C)(C)C.O=CCc1nnc(Cc2ccc(-c3ccccc3)cc2)o1. The first-order chi connectivity index (χ1) is 12.9. The Morgan fingerprint density at radius 1 is 0.926 bits per heavy atom. The maximum atomic E-state index is 10.4. The highest BCUT2D eigenvalue weighted by atomic mass is 16.5. The molecule has 142 valence electrons. The molecule has 0 unspecified atom stereocenters. The summed E-state index contributed by atoms with van der Waals surface area (Å²) in [5, 5.41) is 7.75. The van der Waals surface area contributed by atoms with Gasteiger partial charge in [0.1, 0.15) is 6.29 Å². The third-order valence-electron chi connectivity index (χ3n) is 3.80. The van der Waals surface area contributed by atoms with Crippen LogP contribution in [0.4, 0.5) is 0 Å². The normalized spacial score (nSPS) is 10.8. The topological polar surface area (TPSA) is 65.2 Å². The number of aldehydes is 1. The summed E-state index contributed by atoms with van der Waals surface area (Å²) < 4.78 is 10.3. The molecule has 0 saturated carbocycles. The van der Waals surface area contributed by atoms with Crippen LogP contribution in [0, 0.1) is 0 Å². The van der Waals surface area contributed by atoms with Crippen LogP contribution in [0.3, 0.4) is 0 Å². The van der Waals surface area contributed by atoms with Gasteiger partial charge in [0.05, 0.1) is 18.4 Å². The maximum absolute atomic E-state index is 10.4. The number of methoxy groups -OCH3 is 1. The molecule has 0 bridgehead atoms. The average molecular weight is 366 g/mol. The fourth-order valence-electron chi connectivity index (χ4n) is 2.13. The summed E-state index contributed by atoms with van der Waals surface area (Å²) in [6.07, 6.45) is 1.49. The van der Waals surface area contributed by atoms with Crippen LogP contribution in [0.2, 0.25) is 0 Å². The molecule has 0 aliphatic rings. The second-order valence-electron chi connectivity index (χ2n) is 7.02. The summed E-state index contributed by atoms with van der Waals surface area (Å²) >= 11 is 0. The molecule has 2 aromatic carbocycles. The van der Waals surface area contributed by atoms with Crippen molar-refractivity contribution < 1.29 is 13.9 Å². The molecule has 5 heteroatoms. The number of ether oxygens (including phenoxy) is 1. The summed E-state index contributed by atoms with van der Waals surface area (Å²) in [6.45, 7) is 6.06. The van der Waals surface area contributed by atoms with Crippen molar-refractivity contribution in [2.24, 2.45) is 0 Å². The fraction of sp³-hybridized carbons (Fsp3) is 0.318. The highest BCUT2D eigenvalue weighted by Crippen LogP contribution is 2.20. The van der Waals surface area contributed by atoms with Crippen molar-refractivity contribution in [1.82, 2.24) is 10.2 Å². The summed E-state index contributed by atoms with van der Waals surface area (Å²) in [7, 11) is 1.71. The van der Waals surface area contributed by atoms with E-state index in [1.165, 1.54) is 11.1 Å². The van der Waals surface area contributed by atoms with E-state index in [0.29, 0.717) is 18.2 Å². The van der Waals surface area contributed by atoms with Gasteiger partial charge < -0.3 is 13.9 Å². The van der Waals surface area contributed by atoms with E-state index in [4.69, 9.17) is 9.15 Å². The Balaban J connectivity index is 0.000000380. The molecule has 0 atom stereocenters. The van der Waals surface area contributed by atoms with Gasteiger partial charge in [0.25, 0.3) is 0 Å². The molecule has 1 heterocycles. The second kappa shape index (κ2) is 9.78. The number of hydrogen-bond acceptors (Lipinski definition) is 5. The molecule has 0 N–H and O–H groups in total. The van der Waals surface area contributed by atoms with E-state index in [-0.39, 0.29) is 12.0 Å². The van der Waals surface area contributed by atoms with E-state index in [1.807, 2.05) is 51.1 Å². The molecule has 0 saturated heterocycles. The number of rotatable bonds is 5. The van der Waals surface area contributed by atoms with E-state index in [0.717, 1.165) is 11.8 Å². The minimum absolute atomic E-state index is 0.0417. The lowest BCUT2D eigenvalue weighted by atomic mass is 10.0. The molecule has 0 aliphatic heterocycles. The monoisotopic (exact) mass is 366 g/mol. The first kappa shape index (κ1) is 20.5. The van der Waals surface area contributed by atoms with Crippen LogP contribution < -0.4 is 0 Å². The summed E-state index contributed by atoms with van der Waals surface area (Å²) in [5.41, 5.74) is 3.50. The summed E-state index contributed by atoms with van der Waals surface area (Å²) in [4.78, 5) is 10.4. The number of carbonyl (C=O) groups is 1. The van der Waals surface area contributed by atoms with E-state index in [2.05, 4.69) is 34.5 Å². The van der Waals surface area contributed by atoms with Crippen molar-refractivity contribution in [3.8, 4) is 11.1 Å². The third-order valence-corrected chi connectivity index (χ3v) is 3.80. The van der Waals surface area contributed by atoms with Crippen LogP contribution in [0.25, 0.3) is 11.1 Å². The van der Waals surface area contributed by atoms with Gasteiger partial charge in [-0.3, -0.25) is 0 Å². The van der Waals surface area contributed by atoms with Gasteiger partial charge in [0, 0.05) is 7.11 Å². The molecule has 0 spiro atoms. The lowest BCUT2D eigenvalue weighted by molar-refractivity contribution is -0.107. The van der Waals surface area contributed by atoms with E-state index >= 15 is 0 Å². The molecule has 1 aromatic heterocycles. The third kappa shape index (κ3) is 7.15. The lowest BCUT2D eigenvalue weighted by Crippen LogP contribution is -2.15. The van der Waals surface area contributed by atoms with E-state index < -0.39 is 0 Å². The Kier molecular flexibility index (Phi) is 7.44. The van der Waals surface area contributed by atoms with Crippen molar-refractivity contribution >= 4 is 6.29 Å². The zero-order chi connectivity index (χ0) is 19.7. The highest BCUT2D eigenvalue weighted by Gasteiger charge is 2.07. The van der Waals surface area contributed by atoms with Crippen LogP contribution in [-0.2, 0) is 22.4 Å². The molecular formula is C22H26N2O3. The number of aromatic nitrogens is 2. The molecule has 27 heavy (non-hydrogen) atoms. The molecule has 3 rings (SSSR count). The van der Waals surface area contributed by atoms with Gasteiger partial charge in [-0.15, -0.1) is 10.2 Å². The predicted octanol–water partition coefficient (Wildman–Crippen LogP) is 4.50. The smallest absolute Gasteiger partial charge is 0.223 e. The quantitative estimate of drug-likeness (QED) is 0.622. The van der Waals surface area contributed by atoms with Gasteiger partial charge in [-0.1, -0.05) is 54.6 Å². The van der Waals surface area contributed by atoms with Crippen LogP contribution in [-0.4, -0.2) is 29.2 Å². The molecule has 5 nitrogen and oxygen atoms in total. The predicted molar refractivity (Wildman–Crippen MR) is 106 cm³/mol. The first-order valence-electron chi connectivity index (χ1n) is 8.85. The van der Waals surface area contributed by atoms with Gasteiger partial charge in [-0.05, 0) is 37.5 Å². The minimum atomic E-state index is 0.0417. The molecular weight excluding hydrogens is 340 g/mol.